The van der Waals surface area contributed by atoms with Gasteiger partial charge >= 0.3 is 0 Å². The first-order valence-electron chi connectivity index (χ1n) is 9.58. The number of hydrogen-bond acceptors (Lipinski definition) is 9. The molecule has 8 nitrogen and oxygen atoms in total. The average Bonchev–Trinajstić information content (AvgIpc) is 3.35. The number of nitrogens with zero attached hydrogens (tertiary/aromatic N) is 4. The van der Waals surface area contributed by atoms with E-state index in [1.54, 1.807) is 77.0 Å². The van der Waals surface area contributed by atoms with Crippen LogP contribution in [0.1, 0.15) is 22.0 Å². The fourth-order valence-corrected chi connectivity index (χ4v) is 3.59. The molecule has 0 amide bonds. The molecule has 0 unspecified atom stereocenters. The Hall–Kier alpha value is -4.34. The Bertz CT molecular complexity index is 1200. The van der Waals surface area contributed by atoms with Crippen molar-refractivity contribution in [2.24, 2.45) is 0 Å². The van der Waals surface area contributed by atoms with Crippen LogP contribution in [0.5, 0.6) is 23.0 Å². The summed E-state index contributed by atoms with van der Waals surface area (Å²) in [5.74, 6) is 2.60. The molecule has 0 N–H and O–H groups in total. The fourth-order valence-electron chi connectivity index (χ4n) is 2.95. The van der Waals surface area contributed by atoms with E-state index in [0.29, 0.717) is 39.1 Å². The Balaban J connectivity index is 2.02. The standard InChI is InChI=1S/C24H20N4O4S/c1-29-19-5-7-21(31-3)15(11-19)9-17(13-25)23-27-24(33-28-23)18(14-26)10-16-12-20(30-2)6-8-22(16)32-4/h5-12H,1-4H3/b17-9+,18-10+. The van der Waals surface area contributed by atoms with E-state index in [1.807, 2.05) is 0 Å². The number of methoxy groups -OCH3 is 4. The summed E-state index contributed by atoms with van der Waals surface area (Å²) in [6, 6.07) is 14.8. The monoisotopic (exact) mass is 460 g/mol. The lowest BCUT2D eigenvalue weighted by Gasteiger charge is -2.07. The average molecular weight is 461 g/mol. The lowest BCUT2D eigenvalue weighted by Crippen LogP contribution is -1.92. The summed E-state index contributed by atoms with van der Waals surface area (Å²) in [6.07, 6.45) is 3.26. The summed E-state index contributed by atoms with van der Waals surface area (Å²) >= 11 is 1.02. The molecule has 3 rings (SSSR count). The lowest BCUT2D eigenvalue weighted by molar-refractivity contribution is 0.402. The lowest BCUT2D eigenvalue weighted by atomic mass is 10.1. The number of allylic oxidation sites excluding steroid dienone is 2. The summed E-state index contributed by atoms with van der Waals surface area (Å²) in [4.78, 5) is 4.42. The van der Waals surface area contributed by atoms with Crippen LogP contribution in [0.2, 0.25) is 0 Å². The molecule has 0 aliphatic rings. The smallest absolute Gasteiger partial charge is 0.184 e. The minimum Gasteiger partial charge on any atom is -0.497 e. The van der Waals surface area contributed by atoms with Crippen molar-refractivity contribution in [3.05, 3.63) is 58.4 Å². The van der Waals surface area contributed by atoms with Crippen molar-refractivity contribution in [3.63, 3.8) is 0 Å². The molecule has 0 saturated heterocycles. The topological polar surface area (TPSA) is 110 Å². The fraction of sp³-hybridized carbons (Fsp3) is 0.167. The Morgan fingerprint density at radius 1 is 0.788 bits per heavy atom. The predicted molar refractivity (Wildman–Crippen MR) is 126 cm³/mol. The van der Waals surface area contributed by atoms with Crippen LogP contribution in [-0.2, 0) is 0 Å². The highest BCUT2D eigenvalue weighted by molar-refractivity contribution is 7.06. The predicted octanol–water partition coefficient (Wildman–Crippen LogP) is 4.70. The molecule has 0 aliphatic carbocycles. The van der Waals surface area contributed by atoms with Crippen LogP contribution in [0.25, 0.3) is 23.3 Å². The SMILES string of the molecule is COc1ccc(OC)c(/C=C(\C#N)c2nsc(/C(C#N)=C/c3cc(OC)ccc3OC)n2)c1. The molecular formula is C24H20N4O4S. The summed E-state index contributed by atoms with van der Waals surface area (Å²) in [5.41, 5.74) is 1.80. The number of benzene rings is 2. The summed E-state index contributed by atoms with van der Waals surface area (Å²) in [7, 11) is 6.21. The third-order valence-corrected chi connectivity index (χ3v) is 5.36. The van der Waals surface area contributed by atoms with E-state index in [1.165, 1.54) is 0 Å². The minimum atomic E-state index is 0.209. The van der Waals surface area contributed by atoms with Crippen LogP contribution in [0, 0.1) is 22.7 Å². The Morgan fingerprint density at radius 2 is 1.30 bits per heavy atom. The van der Waals surface area contributed by atoms with Crippen molar-refractivity contribution in [2.45, 2.75) is 0 Å². The van der Waals surface area contributed by atoms with Crippen molar-refractivity contribution in [3.8, 4) is 35.1 Å². The van der Waals surface area contributed by atoms with Crippen molar-refractivity contribution >= 4 is 34.8 Å². The zero-order chi connectivity index (χ0) is 23.8. The van der Waals surface area contributed by atoms with Crippen molar-refractivity contribution in [1.82, 2.24) is 9.36 Å². The summed E-state index contributed by atoms with van der Waals surface area (Å²) < 4.78 is 25.6. The first-order chi connectivity index (χ1) is 16.1. The van der Waals surface area contributed by atoms with E-state index < -0.39 is 0 Å². The molecule has 0 fully saturated rings. The molecule has 33 heavy (non-hydrogen) atoms. The van der Waals surface area contributed by atoms with Gasteiger partial charge in [0.2, 0.25) is 0 Å². The molecule has 0 bridgehead atoms. The first kappa shape index (κ1) is 23.3. The van der Waals surface area contributed by atoms with E-state index in [2.05, 4.69) is 21.5 Å². The maximum atomic E-state index is 9.74. The zero-order valence-electron chi connectivity index (χ0n) is 18.4. The largest absolute Gasteiger partial charge is 0.497 e. The Morgan fingerprint density at radius 3 is 1.76 bits per heavy atom. The zero-order valence-corrected chi connectivity index (χ0v) is 19.3. The molecule has 1 heterocycles. The van der Waals surface area contributed by atoms with Crippen molar-refractivity contribution < 1.29 is 18.9 Å². The van der Waals surface area contributed by atoms with Gasteiger partial charge in [-0.1, -0.05) is 0 Å². The molecule has 1 aromatic heterocycles. The number of aromatic nitrogens is 2. The molecule has 0 spiro atoms. The van der Waals surface area contributed by atoms with Gasteiger partial charge < -0.3 is 18.9 Å². The van der Waals surface area contributed by atoms with Crippen LogP contribution >= 0.6 is 11.5 Å². The second kappa shape index (κ2) is 10.8. The molecule has 0 saturated carbocycles. The Labute approximate surface area is 195 Å². The normalized spacial score (nSPS) is 11.3. The quantitative estimate of drug-likeness (QED) is 0.445. The highest BCUT2D eigenvalue weighted by atomic mass is 32.1. The van der Waals surface area contributed by atoms with Gasteiger partial charge in [-0.3, -0.25) is 0 Å². The van der Waals surface area contributed by atoms with Gasteiger partial charge in [0.25, 0.3) is 0 Å². The van der Waals surface area contributed by atoms with Gasteiger partial charge in [0.1, 0.15) is 35.1 Å². The van der Waals surface area contributed by atoms with E-state index in [4.69, 9.17) is 18.9 Å². The molecule has 166 valence electrons. The third-order valence-electron chi connectivity index (χ3n) is 4.61. The van der Waals surface area contributed by atoms with Crippen molar-refractivity contribution in [1.29, 1.82) is 10.5 Å². The van der Waals surface area contributed by atoms with Gasteiger partial charge in [0.15, 0.2) is 10.8 Å². The molecule has 0 radical (unpaired) electrons. The summed E-state index contributed by atoms with van der Waals surface area (Å²) in [5, 5.41) is 19.8. The molecule has 0 atom stereocenters. The maximum absolute atomic E-state index is 9.74. The highest BCUT2D eigenvalue weighted by Crippen LogP contribution is 2.31. The van der Waals surface area contributed by atoms with Crippen LogP contribution in [0.15, 0.2) is 36.4 Å². The summed E-state index contributed by atoms with van der Waals surface area (Å²) in [6.45, 7) is 0. The van der Waals surface area contributed by atoms with E-state index in [9.17, 15) is 10.5 Å². The Kier molecular flexibility index (Phi) is 7.64. The number of rotatable bonds is 8. The molecule has 9 heteroatoms. The van der Waals surface area contributed by atoms with Crippen LogP contribution in [0.4, 0.5) is 0 Å². The molecular weight excluding hydrogens is 440 g/mol. The number of nitriles is 2. The van der Waals surface area contributed by atoms with E-state index >= 15 is 0 Å². The first-order valence-corrected chi connectivity index (χ1v) is 10.4. The van der Waals surface area contributed by atoms with Crippen LogP contribution in [-0.4, -0.2) is 37.8 Å². The molecule has 3 aromatic rings. The van der Waals surface area contributed by atoms with Gasteiger partial charge in [-0.05, 0) is 60.1 Å². The van der Waals surface area contributed by atoms with Gasteiger partial charge in [-0.2, -0.15) is 14.9 Å². The second-order valence-corrected chi connectivity index (χ2v) is 7.23. The van der Waals surface area contributed by atoms with Crippen LogP contribution < -0.4 is 18.9 Å². The maximum Gasteiger partial charge on any atom is 0.184 e. The van der Waals surface area contributed by atoms with Gasteiger partial charge in [-0.25, -0.2) is 4.98 Å². The van der Waals surface area contributed by atoms with Gasteiger partial charge in [-0.15, -0.1) is 0 Å². The third kappa shape index (κ3) is 5.29. The van der Waals surface area contributed by atoms with E-state index in [-0.39, 0.29) is 17.0 Å². The highest BCUT2D eigenvalue weighted by Gasteiger charge is 2.15. The number of hydrogen-bond donors (Lipinski definition) is 0. The van der Waals surface area contributed by atoms with Crippen molar-refractivity contribution in [2.75, 3.05) is 28.4 Å². The molecule has 0 aliphatic heterocycles. The number of ether oxygens (including phenoxy) is 4. The van der Waals surface area contributed by atoms with E-state index in [0.717, 1.165) is 11.5 Å². The van der Waals surface area contributed by atoms with Gasteiger partial charge in [0, 0.05) is 11.1 Å². The minimum absolute atomic E-state index is 0.209. The van der Waals surface area contributed by atoms with Gasteiger partial charge in [0.05, 0.1) is 39.6 Å². The second-order valence-electron chi connectivity index (χ2n) is 6.48. The van der Waals surface area contributed by atoms with Crippen LogP contribution in [0.3, 0.4) is 0 Å². The molecule has 2 aromatic carbocycles.